The first-order chi connectivity index (χ1) is 9.58. The van der Waals surface area contributed by atoms with Crippen molar-refractivity contribution in [3.8, 4) is 0 Å². The molecule has 0 aromatic carbocycles. The largest absolute Gasteiger partial charge is 0.312 e. The molecular formula is C13H20ClN5S. The molecule has 0 radical (unpaired) electrons. The molecule has 0 spiro atoms. The van der Waals surface area contributed by atoms with Crippen molar-refractivity contribution in [1.82, 2.24) is 24.7 Å². The lowest BCUT2D eigenvalue weighted by Gasteiger charge is -2.15. The quantitative estimate of drug-likeness (QED) is 0.891. The van der Waals surface area contributed by atoms with Crippen molar-refractivity contribution >= 4 is 23.1 Å². The highest BCUT2D eigenvalue weighted by Crippen LogP contribution is 2.28. The maximum absolute atomic E-state index is 6.34. The monoisotopic (exact) mass is 313 g/mol. The van der Waals surface area contributed by atoms with E-state index in [2.05, 4.69) is 26.9 Å². The maximum Gasteiger partial charge on any atom is 0.0847 e. The Kier molecular flexibility index (Phi) is 5.12. The van der Waals surface area contributed by atoms with Crippen LogP contribution < -0.4 is 5.32 Å². The molecule has 2 heterocycles. The van der Waals surface area contributed by atoms with E-state index in [9.17, 15) is 0 Å². The molecule has 0 aliphatic rings. The van der Waals surface area contributed by atoms with Crippen LogP contribution in [0.25, 0.3) is 0 Å². The van der Waals surface area contributed by atoms with Crippen molar-refractivity contribution in [3.63, 3.8) is 0 Å². The number of aryl methyl sites for hydroxylation is 3. The number of hydrogen-bond acceptors (Lipinski definition) is 5. The van der Waals surface area contributed by atoms with Crippen LogP contribution in [0.3, 0.4) is 0 Å². The van der Waals surface area contributed by atoms with E-state index >= 15 is 0 Å². The number of likely N-dealkylation sites (N-methyl/N-ethyl adjacent to an activating group) is 1. The van der Waals surface area contributed by atoms with Crippen molar-refractivity contribution in [2.75, 3.05) is 7.05 Å². The van der Waals surface area contributed by atoms with E-state index in [1.807, 2.05) is 25.7 Å². The van der Waals surface area contributed by atoms with Crippen LogP contribution in [0.2, 0.25) is 5.02 Å². The highest BCUT2D eigenvalue weighted by atomic mass is 35.5. The second-order valence-electron chi connectivity index (χ2n) is 4.85. The van der Waals surface area contributed by atoms with Crippen LogP contribution in [-0.2, 0) is 19.9 Å². The standard InChI is InChI=1S/C13H20ClN5S/c1-5-6-9-13(20-18-16-9)10(15-3)7-11-12(14)8(2)17-19(11)4/h10,15H,5-7H2,1-4H3. The summed E-state index contributed by atoms with van der Waals surface area (Å²) in [7, 11) is 3.88. The number of rotatable bonds is 6. The minimum atomic E-state index is 0.170. The van der Waals surface area contributed by atoms with Crippen molar-refractivity contribution in [3.05, 3.63) is 27.0 Å². The molecule has 5 nitrogen and oxygen atoms in total. The van der Waals surface area contributed by atoms with Gasteiger partial charge in [-0.05, 0) is 31.9 Å². The van der Waals surface area contributed by atoms with Gasteiger partial charge >= 0.3 is 0 Å². The van der Waals surface area contributed by atoms with Crippen LogP contribution in [0, 0.1) is 6.92 Å². The first-order valence-electron chi connectivity index (χ1n) is 6.74. The van der Waals surface area contributed by atoms with Gasteiger partial charge in [0.1, 0.15) is 0 Å². The predicted octanol–water partition coefficient (Wildman–Crippen LogP) is 2.69. The maximum atomic E-state index is 6.34. The van der Waals surface area contributed by atoms with E-state index in [0.717, 1.165) is 41.4 Å². The number of aromatic nitrogens is 4. The normalized spacial score (nSPS) is 12.8. The first-order valence-corrected chi connectivity index (χ1v) is 7.89. The summed E-state index contributed by atoms with van der Waals surface area (Å²) in [6, 6.07) is 0.170. The summed E-state index contributed by atoms with van der Waals surface area (Å²) in [4.78, 5) is 1.20. The molecule has 2 rings (SSSR count). The Bertz CT molecular complexity index is 577. The van der Waals surface area contributed by atoms with E-state index in [-0.39, 0.29) is 6.04 Å². The highest BCUT2D eigenvalue weighted by molar-refractivity contribution is 7.05. The number of hydrogen-bond donors (Lipinski definition) is 1. The van der Waals surface area contributed by atoms with Gasteiger partial charge in [-0.2, -0.15) is 5.10 Å². The van der Waals surface area contributed by atoms with Gasteiger partial charge in [-0.3, -0.25) is 4.68 Å². The number of nitrogens with zero attached hydrogens (tertiary/aromatic N) is 4. The van der Waals surface area contributed by atoms with Crippen LogP contribution in [0.5, 0.6) is 0 Å². The van der Waals surface area contributed by atoms with Crippen molar-refractivity contribution < 1.29 is 0 Å². The zero-order chi connectivity index (χ0) is 14.7. The second-order valence-corrected chi connectivity index (χ2v) is 6.01. The summed E-state index contributed by atoms with van der Waals surface area (Å²) < 4.78 is 5.95. The summed E-state index contributed by atoms with van der Waals surface area (Å²) in [5, 5.41) is 12.7. The van der Waals surface area contributed by atoms with Gasteiger partial charge in [0.25, 0.3) is 0 Å². The van der Waals surface area contributed by atoms with Gasteiger partial charge in [0.2, 0.25) is 0 Å². The summed E-state index contributed by atoms with van der Waals surface area (Å²) in [5.41, 5.74) is 3.00. The fraction of sp³-hybridized carbons (Fsp3) is 0.615. The van der Waals surface area contributed by atoms with Crippen LogP contribution in [0.1, 0.15) is 41.3 Å². The van der Waals surface area contributed by atoms with E-state index in [0.29, 0.717) is 0 Å². The molecule has 20 heavy (non-hydrogen) atoms. The number of nitrogens with one attached hydrogen (secondary N) is 1. The smallest absolute Gasteiger partial charge is 0.0847 e. The van der Waals surface area contributed by atoms with Gasteiger partial charge in [0.05, 0.1) is 33.0 Å². The molecule has 1 atom stereocenters. The van der Waals surface area contributed by atoms with E-state index in [4.69, 9.17) is 11.6 Å². The average molecular weight is 314 g/mol. The van der Waals surface area contributed by atoms with Gasteiger partial charge in [0, 0.05) is 13.5 Å². The van der Waals surface area contributed by atoms with Crippen molar-refractivity contribution in [2.24, 2.45) is 7.05 Å². The molecule has 2 aromatic rings. The average Bonchev–Trinajstić information content (AvgIpc) is 2.96. The van der Waals surface area contributed by atoms with Gasteiger partial charge in [0.15, 0.2) is 0 Å². The first kappa shape index (κ1) is 15.4. The Morgan fingerprint density at radius 3 is 2.75 bits per heavy atom. The van der Waals surface area contributed by atoms with Gasteiger partial charge < -0.3 is 5.32 Å². The summed E-state index contributed by atoms with van der Waals surface area (Å²) in [6.07, 6.45) is 2.82. The van der Waals surface area contributed by atoms with Gasteiger partial charge in [-0.15, -0.1) is 5.10 Å². The van der Waals surface area contributed by atoms with Crippen molar-refractivity contribution in [2.45, 2.75) is 39.2 Å². The van der Waals surface area contributed by atoms with E-state index < -0.39 is 0 Å². The van der Waals surface area contributed by atoms with Crippen LogP contribution >= 0.6 is 23.1 Å². The lowest BCUT2D eigenvalue weighted by Crippen LogP contribution is -2.20. The fourth-order valence-electron chi connectivity index (χ4n) is 2.31. The van der Waals surface area contributed by atoms with E-state index in [1.165, 1.54) is 16.4 Å². The second kappa shape index (κ2) is 6.65. The molecule has 0 aliphatic heterocycles. The van der Waals surface area contributed by atoms with E-state index in [1.54, 1.807) is 0 Å². The number of halogens is 1. The topological polar surface area (TPSA) is 55.6 Å². The summed E-state index contributed by atoms with van der Waals surface area (Å²) in [5.74, 6) is 0. The third kappa shape index (κ3) is 3.02. The molecule has 0 aliphatic carbocycles. The zero-order valence-electron chi connectivity index (χ0n) is 12.3. The molecule has 0 amide bonds. The van der Waals surface area contributed by atoms with Crippen LogP contribution in [-0.4, -0.2) is 26.4 Å². The molecule has 0 bridgehead atoms. The van der Waals surface area contributed by atoms with Gasteiger partial charge in [-0.25, -0.2) is 0 Å². The molecule has 1 N–H and O–H groups in total. The molecule has 1 unspecified atom stereocenters. The molecule has 0 saturated heterocycles. The fourth-order valence-corrected chi connectivity index (χ4v) is 3.35. The Morgan fingerprint density at radius 2 is 2.20 bits per heavy atom. The Hall–Kier alpha value is -0.980. The highest BCUT2D eigenvalue weighted by Gasteiger charge is 2.21. The lowest BCUT2D eigenvalue weighted by molar-refractivity contribution is 0.563. The van der Waals surface area contributed by atoms with Gasteiger partial charge in [-0.1, -0.05) is 29.4 Å². The molecular weight excluding hydrogens is 294 g/mol. The summed E-state index contributed by atoms with van der Waals surface area (Å²) in [6.45, 7) is 4.08. The Morgan fingerprint density at radius 1 is 1.45 bits per heavy atom. The molecule has 2 aromatic heterocycles. The minimum absolute atomic E-state index is 0.170. The third-order valence-electron chi connectivity index (χ3n) is 3.40. The molecule has 0 fully saturated rings. The molecule has 110 valence electrons. The lowest BCUT2D eigenvalue weighted by atomic mass is 10.1. The third-order valence-corrected chi connectivity index (χ3v) is 4.77. The SMILES string of the molecule is CCCc1nnsc1C(Cc1c(Cl)c(C)nn1C)NC. The van der Waals surface area contributed by atoms with Crippen LogP contribution in [0.4, 0.5) is 0 Å². The Balaban J connectivity index is 2.26. The van der Waals surface area contributed by atoms with Crippen molar-refractivity contribution in [1.29, 1.82) is 0 Å². The molecule has 0 saturated carbocycles. The Labute approximate surface area is 128 Å². The van der Waals surface area contributed by atoms with Crippen LogP contribution in [0.15, 0.2) is 0 Å². The zero-order valence-corrected chi connectivity index (χ0v) is 13.8. The minimum Gasteiger partial charge on any atom is -0.312 e. The molecule has 7 heteroatoms. The predicted molar refractivity (Wildman–Crippen MR) is 82.4 cm³/mol. The summed E-state index contributed by atoms with van der Waals surface area (Å²) >= 11 is 7.80.